The Hall–Kier alpha value is -1.83. The second kappa shape index (κ2) is 6.96. The zero-order chi connectivity index (χ0) is 17.2. The first-order valence-electron chi connectivity index (χ1n) is 7.79. The lowest BCUT2D eigenvalue weighted by atomic mass is 10.2. The fraction of sp³-hybridized carbons (Fsp3) is 0.294. The number of hydrogen-bond acceptors (Lipinski definition) is 2. The Morgan fingerprint density at radius 2 is 1.62 bits per heavy atom. The van der Waals surface area contributed by atoms with Crippen molar-refractivity contribution in [1.82, 2.24) is 4.31 Å². The predicted octanol–water partition coefficient (Wildman–Crippen LogP) is 1.05. The predicted molar refractivity (Wildman–Crippen MR) is 86.0 cm³/mol. The zero-order valence-corrected chi connectivity index (χ0v) is 13.9. The zero-order valence-electron chi connectivity index (χ0n) is 13.1. The van der Waals surface area contributed by atoms with Gasteiger partial charge in [-0.1, -0.05) is 30.3 Å². The molecule has 0 radical (unpaired) electrons. The van der Waals surface area contributed by atoms with E-state index in [1.165, 1.54) is 14.8 Å². The van der Waals surface area contributed by atoms with Crippen molar-refractivity contribution in [2.24, 2.45) is 0 Å². The monoisotopic (exact) mass is 353 g/mol. The molecule has 24 heavy (non-hydrogen) atoms. The molecule has 7 heteroatoms. The fourth-order valence-electron chi connectivity index (χ4n) is 2.89. The van der Waals surface area contributed by atoms with Crippen LogP contribution in [0.2, 0.25) is 0 Å². The lowest BCUT2D eigenvalue weighted by molar-refractivity contribution is -0.917. The minimum Gasteiger partial charge on any atom is -0.329 e. The van der Waals surface area contributed by atoms with Gasteiger partial charge in [-0.3, -0.25) is 0 Å². The summed E-state index contributed by atoms with van der Waals surface area (Å²) in [5.74, 6) is -2.20. The van der Waals surface area contributed by atoms with Crippen LogP contribution in [0.15, 0.2) is 53.4 Å². The number of halogens is 2. The fourth-order valence-corrected chi connectivity index (χ4v) is 4.34. The van der Waals surface area contributed by atoms with Gasteiger partial charge in [-0.2, -0.15) is 4.31 Å². The molecule has 0 aliphatic carbocycles. The highest BCUT2D eigenvalue weighted by molar-refractivity contribution is 7.89. The molecule has 0 unspecified atom stereocenters. The molecule has 1 saturated heterocycles. The molecule has 0 amide bonds. The van der Waals surface area contributed by atoms with Crippen LogP contribution in [0.1, 0.15) is 5.56 Å². The van der Waals surface area contributed by atoms with Crippen LogP contribution in [0, 0.1) is 11.6 Å². The van der Waals surface area contributed by atoms with Crippen LogP contribution < -0.4 is 4.90 Å². The first kappa shape index (κ1) is 17.0. The van der Waals surface area contributed by atoms with E-state index in [4.69, 9.17) is 0 Å². The number of piperazine rings is 1. The lowest BCUT2D eigenvalue weighted by Crippen LogP contribution is -3.13. The molecular formula is C17H19F2N2O2S+. The summed E-state index contributed by atoms with van der Waals surface area (Å²) < 4.78 is 52.7. The summed E-state index contributed by atoms with van der Waals surface area (Å²) >= 11 is 0. The summed E-state index contributed by atoms with van der Waals surface area (Å²) in [6, 6.07) is 12.7. The minimum atomic E-state index is -3.78. The smallest absolute Gasteiger partial charge is 0.243 e. The minimum absolute atomic E-state index is 0.201. The van der Waals surface area contributed by atoms with Crippen molar-refractivity contribution >= 4 is 10.0 Å². The van der Waals surface area contributed by atoms with Crippen molar-refractivity contribution in [3.63, 3.8) is 0 Å². The normalized spacial score (nSPS) is 17.1. The number of hydrogen-bond donors (Lipinski definition) is 1. The van der Waals surface area contributed by atoms with E-state index in [1.54, 1.807) is 0 Å². The van der Waals surface area contributed by atoms with E-state index in [0.717, 1.165) is 24.7 Å². The number of nitrogens with one attached hydrogen (secondary N) is 1. The Morgan fingerprint density at radius 1 is 0.958 bits per heavy atom. The molecule has 3 rings (SSSR count). The van der Waals surface area contributed by atoms with Gasteiger partial charge in [0.1, 0.15) is 6.54 Å². The Bertz CT molecular complexity index is 805. The molecule has 1 heterocycles. The van der Waals surface area contributed by atoms with Gasteiger partial charge in [0.2, 0.25) is 10.0 Å². The highest BCUT2D eigenvalue weighted by atomic mass is 32.2. The molecule has 2 aromatic rings. The summed E-state index contributed by atoms with van der Waals surface area (Å²) in [7, 11) is -3.78. The highest BCUT2D eigenvalue weighted by Gasteiger charge is 2.30. The van der Waals surface area contributed by atoms with E-state index in [1.807, 2.05) is 18.2 Å². The molecule has 1 N–H and O–H groups in total. The van der Waals surface area contributed by atoms with Gasteiger partial charge in [0.15, 0.2) is 11.6 Å². The lowest BCUT2D eigenvalue weighted by Gasteiger charge is -2.31. The molecule has 1 fully saturated rings. The third kappa shape index (κ3) is 3.63. The van der Waals surface area contributed by atoms with Crippen molar-refractivity contribution in [1.29, 1.82) is 0 Å². The van der Waals surface area contributed by atoms with Gasteiger partial charge in [-0.05, 0) is 18.2 Å². The van der Waals surface area contributed by atoms with Gasteiger partial charge < -0.3 is 4.90 Å². The van der Waals surface area contributed by atoms with Gasteiger partial charge in [-0.25, -0.2) is 17.2 Å². The number of benzene rings is 2. The molecule has 128 valence electrons. The molecule has 0 bridgehead atoms. The number of nitrogens with zero attached hydrogens (tertiary/aromatic N) is 1. The SMILES string of the molecule is O=S(=O)(c1ccc(F)c(F)c1)N1CC[NH+](Cc2ccccc2)CC1. The van der Waals surface area contributed by atoms with E-state index >= 15 is 0 Å². The van der Waals surface area contributed by atoms with Crippen LogP contribution in [0.5, 0.6) is 0 Å². The first-order chi connectivity index (χ1) is 11.5. The van der Waals surface area contributed by atoms with Gasteiger partial charge in [0, 0.05) is 5.56 Å². The Morgan fingerprint density at radius 3 is 2.25 bits per heavy atom. The summed E-state index contributed by atoms with van der Waals surface area (Å²) in [4.78, 5) is 1.10. The molecular weight excluding hydrogens is 334 g/mol. The summed E-state index contributed by atoms with van der Waals surface area (Å²) in [6.45, 7) is 2.93. The Kier molecular flexibility index (Phi) is 4.93. The van der Waals surface area contributed by atoms with Crippen LogP contribution in [0.3, 0.4) is 0 Å². The van der Waals surface area contributed by atoms with Crippen molar-refractivity contribution in [2.75, 3.05) is 26.2 Å². The average Bonchev–Trinajstić information content (AvgIpc) is 2.58. The van der Waals surface area contributed by atoms with Crippen molar-refractivity contribution in [3.8, 4) is 0 Å². The van der Waals surface area contributed by atoms with Crippen molar-refractivity contribution in [2.45, 2.75) is 11.4 Å². The second-order valence-electron chi connectivity index (χ2n) is 5.89. The van der Waals surface area contributed by atoms with E-state index in [0.29, 0.717) is 26.2 Å². The van der Waals surface area contributed by atoms with Crippen molar-refractivity contribution < 1.29 is 22.1 Å². The average molecular weight is 353 g/mol. The standard InChI is InChI=1S/C17H18F2N2O2S/c18-16-7-6-15(12-17(16)19)24(22,23)21-10-8-20(9-11-21)13-14-4-2-1-3-5-14/h1-7,12H,8-11,13H2/p+1. The van der Waals surface area contributed by atoms with Crippen LogP contribution >= 0.6 is 0 Å². The van der Waals surface area contributed by atoms with E-state index in [-0.39, 0.29) is 4.90 Å². The highest BCUT2D eigenvalue weighted by Crippen LogP contribution is 2.18. The quantitative estimate of drug-likeness (QED) is 0.893. The molecule has 2 aromatic carbocycles. The van der Waals surface area contributed by atoms with Crippen LogP contribution in [-0.2, 0) is 16.6 Å². The largest absolute Gasteiger partial charge is 0.329 e. The molecule has 0 atom stereocenters. The number of quaternary nitrogens is 1. The van der Waals surface area contributed by atoms with E-state index in [9.17, 15) is 17.2 Å². The molecule has 1 aliphatic rings. The Balaban J connectivity index is 1.66. The van der Waals surface area contributed by atoms with Gasteiger partial charge >= 0.3 is 0 Å². The molecule has 0 aromatic heterocycles. The van der Waals surface area contributed by atoms with Gasteiger partial charge in [0.05, 0.1) is 31.1 Å². The van der Waals surface area contributed by atoms with Gasteiger partial charge in [-0.15, -0.1) is 0 Å². The molecule has 0 spiro atoms. The third-order valence-electron chi connectivity index (χ3n) is 4.26. The van der Waals surface area contributed by atoms with E-state index < -0.39 is 21.7 Å². The summed E-state index contributed by atoms with van der Waals surface area (Å²) in [5, 5.41) is 0. The number of rotatable bonds is 4. The Labute approximate surface area is 140 Å². The van der Waals surface area contributed by atoms with Crippen molar-refractivity contribution in [3.05, 3.63) is 65.7 Å². The molecule has 1 aliphatic heterocycles. The van der Waals surface area contributed by atoms with Crippen LogP contribution in [0.25, 0.3) is 0 Å². The van der Waals surface area contributed by atoms with E-state index in [2.05, 4.69) is 12.1 Å². The second-order valence-corrected chi connectivity index (χ2v) is 7.83. The van der Waals surface area contributed by atoms with Crippen LogP contribution in [0.4, 0.5) is 8.78 Å². The maximum atomic E-state index is 13.3. The topological polar surface area (TPSA) is 41.8 Å². The molecule has 0 saturated carbocycles. The summed E-state index contributed by atoms with van der Waals surface area (Å²) in [6.07, 6.45) is 0. The maximum absolute atomic E-state index is 13.3. The first-order valence-corrected chi connectivity index (χ1v) is 9.23. The summed E-state index contributed by atoms with van der Waals surface area (Å²) in [5.41, 5.74) is 1.21. The third-order valence-corrected chi connectivity index (χ3v) is 6.15. The van der Waals surface area contributed by atoms with Crippen LogP contribution in [-0.4, -0.2) is 38.9 Å². The maximum Gasteiger partial charge on any atom is 0.243 e. The van der Waals surface area contributed by atoms with Gasteiger partial charge in [0.25, 0.3) is 0 Å². The molecule has 4 nitrogen and oxygen atoms in total. The number of sulfonamides is 1.